The fourth-order valence-electron chi connectivity index (χ4n) is 1.41. The third kappa shape index (κ3) is 3.84. The highest BCUT2D eigenvalue weighted by Gasteiger charge is 2.18. The molecule has 4 nitrogen and oxygen atoms in total. The molecule has 0 aromatic heterocycles. The summed E-state index contributed by atoms with van der Waals surface area (Å²) in [5.41, 5.74) is 0.0736. The van der Waals surface area contributed by atoms with Crippen LogP contribution in [0.5, 0.6) is 0 Å². The second-order valence-electron chi connectivity index (χ2n) is 4.32. The van der Waals surface area contributed by atoms with E-state index >= 15 is 0 Å². The number of Topliss-reactive ketones (excluding diaryl/α,β-unsaturated/α-hetero) is 1. The minimum atomic E-state index is -0.496. The van der Waals surface area contributed by atoms with Gasteiger partial charge in [0.1, 0.15) is 0 Å². The molecule has 5 heteroatoms. The van der Waals surface area contributed by atoms with Crippen molar-refractivity contribution in [3.05, 3.63) is 33.9 Å². The molecule has 0 aliphatic rings. The van der Waals surface area contributed by atoms with Crippen LogP contribution in [-0.4, -0.2) is 16.5 Å². The number of ketones is 1. The van der Waals surface area contributed by atoms with E-state index < -0.39 is 4.92 Å². The van der Waals surface area contributed by atoms with Crippen LogP contribution in [-0.2, 0) is 0 Å². The molecule has 1 atom stereocenters. The highest BCUT2D eigenvalue weighted by Crippen LogP contribution is 2.28. The molecule has 0 spiro atoms. The molecule has 0 aliphatic carbocycles. The zero-order valence-corrected chi connectivity index (χ0v) is 11.6. The first-order valence-corrected chi connectivity index (χ1v) is 6.86. The standard InChI is InChI=1S/C13H17NO3S/c1-4-9(2)8-18-11-5-6-12(10(3)15)13(7-11)14(16)17/h5-7,9H,4,8H2,1-3H3. The molecule has 98 valence electrons. The van der Waals surface area contributed by atoms with E-state index in [-0.39, 0.29) is 17.0 Å². The quantitative estimate of drug-likeness (QED) is 0.339. The van der Waals surface area contributed by atoms with Crippen molar-refractivity contribution in [2.45, 2.75) is 32.1 Å². The Morgan fingerprint density at radius 3 is 2.67 bits per heavy atom. The van der Waals surface area contributed by atoms with E-state index in [9.17, 15) is 14.9 Å². The second kappa shape index (κ2) is 6.54. The van der Waals surface area contributed by atoms with Crippen molar-refractivity contribution < 1.29 is 9.72 Å². The number of hydrogen-bond donors (Lipinski definition) is 0. The van der Waals surface area contributed by atoms with Crippen LogP contribution in [0, 0.1) is 16.0 Å². The van der Waals surface area contributed by atoms with Crippen LogP contribution in [0.25, 0.3) is 0 Å². The molecule has 0 heterocycles. The lowest BCUT2D eigenvalue weighted by atomic mass is 10.1. The first kappa shape index (κ1) is 14.7. The molecular weight excluding hydrogens is 250 g/mol. The lowest BCUT2D eigenvalue weighted by Gasteiger charge is -2.08. The number of hydrogen-bond acceptors (Lipinski definition) is 4. The number of nitro groups is 1. The molecule has 1 aromatic carbocycles. The SMILES string of the molecule is CCC(C)CSc1ccc(C(C)=O)c([N+](=O)[O-])c1. The van der Waals surface area contributed by atoms with Gasteiger partial charge in [-0.25, -0.2) is 0 Å². The van der Waals surface area contributed by atoms with E-state index in [2.05, 4.69) is 13.8 Å². The van der Waals surface area contributed by atoms with Gasteiger partial charge in [-0.05, 0) is 25.0 Å². The summed E-state index contributed by atoms with van der Waals surface area (Å²) in [6.07, 6.45) is 1.08. The summed E-state index contributed by atoms with van der Waals surface area (Å²) in [4.78, 5) is 22.5. The minimum absolute atomic E-state index is 0.100. The van der Waals surface area contributed by atoms with Gasteiger partial charge in [0.05, 0.1) is 10.5 Å². The third-order valence-electron chi connectivity index (χ3n) is 2.78. The van der Waals surface area contributed by atoms with Crippen LogP contribution in [0.4, 0.5) is 5.69 Å². The van der Waals surface area contributed by atoms with Gasteiger partial charge in [-0.15, -0.1) is 11.8 Å². The molecule has 0 bridgehead atoms. The number of carbonyl (C=O) groups excluding carboxylic acids is 1. The van der Waals surface area contributed by atoms with Gasteiger partial charge >= 0.3 is 0 Å². The van der Waals surface area contributed by atoms with Gasteiger partial charge in [-0.3, -0.25) is 14.9 Å². The molecule has 1 aromatic rings. The minimum Gasteiger partial charge on any atom is -0.294 e. The van der Waals surface area contributed by atoms with Crippen molar-refractivity contribution in [2.24, 2.45) is 5.92 Å². The maximum Gasteiger partial charge on any atom is 0.281 e. The molecule has 1 unspecified atom stereocenters. The summed E-state index contributed by atoms with van der Waals surface area (Å²) in [5, 5.41) is 10.9. The van der Waals surface area contributed by atoms with Crippen LogP contribution in [0.15, 0.2) is 23.1 Å². The number of carbonyl (C=O) groups is 1. The molecule has 1 rings (SSSR count). The fraction of sp³-hybridized carbons (Fsp3) is 0.462. The topological polar surface area (TPSA) is 60.2 Å². The number of nitro benzene ring substituents is 1. The van der Waals surface area contributed by atoms with Gasteiger partial charge in [0, 0.05) is 16.7 Å². The maximum atomic E-state index is 11.3. The van der Waals surface area contributed by atoms with Gasteiger partial charge in [-0.1, -0.05) is 20.3 Å². The largest absolute Gasteiger partial charge is 0.294 e. The molecule has 0 saturated heterocycles. The summed E-state index contributed by atoms with van der Waals surface area (Å²) in [6.45, 7) is 5.60. The Morgan fingerprint density at radius 2 is 2.17 bits per heavy atom. The summed E-state index contributed by atoms with van der Waals surface area (Å²) < 4.78 is 0. The zero-order valence-electron chi connectivity index (χ0n) is 10.8. The molecule has 18 heavy (non-hydrogen) atoms. The van der Waals surface area contributed by atoms with E-state index in [0.717, 1.165) is 17.1 Å². The molecular formula is C13H17NO3S. The Hall–Kier alpha value is -1.36. The Balaban J connectivity index is 2.93. The predicted molar refractivity (Wildman–Crippen MR) is 73.3 cm³/mol. The number of benzene rings is 1. The summed E-state index contributed by atoms with van der Waals surface area (Å²) >= 11 is 1.59. The van der Waals surface area contributed by atoms with E-state index in [4.69, 9.17) is 0 Å². The van der Waals surface area contributed by atoms with Gasteiger partial charge in [0.15, 0.2) is 5.78 Å². The summed E-state index contributed by atoms with van der Waals surface area (Å²) in [7, 11) is 0. The smallest absolute Gasteiger partial charge is 0.281 e. The average Bonchev–Trinajstić information content (AvgIpc) is 2.35. The summed E-state index contributed by atoms with van der Waals surface area (Å²) in [6, 6.07) is 4.81. The molecule has 0 fully saturated rings. The number of nitrogens with zero attached hydrogens (tertiary/aromatic N) is 1. The Kier molecular flexibility index (Phi) is 5.34. The maximum absolute atomic E-state index is 11.3. The zero-order chi connectivity index (χ0) is 13.7. The van der Waals surface area contributed by atoms with Crippen LogP contribution in [0.1, 0.15) is 37.6 Å². The van der Waals surface area contributed by atoms with E-state index in [0.29, 0.717) is 5.92 Å². The molecule has 0 radical (unpaired) electrons. The first-order valence-electron chi connectivity index (χ1n) is 5.87. The summed E-state index contributed by atoms with van der Waals surface area (Å²) in [5.74, 6) is 1.22. The molecule has 0 amide bonds. The van der Waals surface area contributed by atoms with Crippen molar-refractivity contribution in [3.8, 4) is 0 Å². The van der Waals surface area contributed by atoms with Crippen LogP contribution < -0.4 is 0 Å². The predicted octanol–water partition coefficient (Wildman–Crippen LogP) is 3.94. The van der Waals surface area contributed by atoms with E-state index in [1.807, 2.05) is 0 Å². The van der Waals surface area contributed by atoms with Crippen LogP contribution >= 0.6 is 11.8 Å². The van der Waals surface area contributed by atoms with Crippen LogP contribution in [0.2, 0.25) is 0 Å². The Labute approximate surface area is 111 Å². The van der Waals surface area contributed by atoms with Crippen molar-refractivity contribution in [1.82, 2.24) is 0 Å². The van der Waals surface area contributed by atoms with Crippen molar-refractivity contribution >= 4 is 23.2 Å². The number of thioether (sulfide) groups is 1. The molecule has 0 N–H and O–H groups in total. The van der Waals surface area contributed by atoms with Crippen LogP contribution in [0.3, 0.4) is 0 Å². The van der Waals surface area contributed by atoms with Crippen molar-refractivity contribution in [3.63, 3.8) is 0 Å². The van der Waals surface area contributed by atoms with Crippen molar-refractivity contribution in [2.75, 3.05) is 5.75 Å². The number of rotatable bonds is 6. The second-order valence-corrected chi connectivity index (χ2v) is 5.41. The lowest BCUT2D eigenvalue weighted by molar-refractivity contribution is -0.385. The Morgan fingerprint density at radius 1 is 1.50 bits per heavy atom. The molecule has 0 saturated carbocycles. The van der Waals surface area contributed by atoms with Gasteiger partial charge in [0.25, 0.3) is 5.69 Å². The average molecular weight is 267 g/mol. The van der Waals surface area contributed by atoms with Gasteiger partial charge < -0.3 is 0 Å². The van der Waals surface area contributed by atoms with Crippen molar-refractivity contribution in [1.29, 1.82) is 0 Å². The van der Waals surface area contributed by atoms with E-state index in [1.165, 1.54) is 13.0 Å². The lowest BCUT2D eigenvalue weighted by Crippen LogP contribution is -2.01. The van der Waals surface area contributed by atoms with E-state index in [1.54, 1.807) is 23.9 Å². The van der Waals surface area contributed by atoms with Gasteiger partial charge in [0.2, 0.25) is 0 Å². The molecule has 0 aliphatic heterocycles. The highest BCUT2D eigenvalue weighted by molar-refractivity contribution is 7.99. The normalized spacial score (nSPS) is 12.2. The van der Waals surface area contributed by atoms with Gasteiger partial charge in [-0.2, -0.15) is 0 Å². The fourth-order valence-corrected chi connectivity index (χ4v) is 2.48. The first-order chi connectivity index (χ1) is 8.45. The third-order valence-corrected chi connectivity index (χ3v) is 4.10. The highest BCUT2D eigenvalue weighted by atomic mass is 32.2. The monoisotopic (exact) mass is 267 g/mol. The Bertz CT molecular complexity index is 460.